The summed E-state index contributed by atoms with van der Waals surface area (Å²) in [6, 6.07) is 73.8. The monoisotopic (exact) mass is 1110 g/mol. The van der Waals surface area contributed by atoms with Crippen molar-refractivity contribution in [3.8, 4) is 46.0 Å². The number of halogens is 2. The number of fused-ring (bicyclic) bond motifs is 1. The fraction of sp³-hybridized carbons (Fsp3) is 0.141. The van der Waals surface area contributed by atoms with Gasteiger partial charge in [0.2, 0.25) is 11.5 Å². The first-order valence-electron chi connectivity index (χ1n) is 27.3. The van der Waals surface area contributed by atoms with Gasteiger partial charge < -0.3 is 42.6 Å². The molecule has 0 aliphatic carbocycles. The lowest BCUT2D eigenvalue weighted by Crippen LogP contribution is -2.35. The molecule has 0 saturated carbocycles. The van der Waals surface area contributed by atoms with Crippen LogP contribution in [-0.2, 0) is 57.4 Å². The van der Waals surface area contributed by atoms with Gasteiger partial charge in [-0.05, 0) is 45.0 Å². The molecular formula is C71H58F2O10. The Bertz CT molecular complexity index is 3710. The van der Waals surface area contributed by atoms with E-state index >= 15 is 13.6 Å². The Labute approximate surface area is 480 Å². The summed E-state index contributed by atoms with van der Waals surface area (Å²) >= 11 is 0. The molecule has 0 amide bonds. The Balaban J connectivity index is 1.01. The molecule has 0 aromatic heterocycles. The van der Waals surface area contributed by atoms with Gasteiger partial charge in [-0.25, -0.2) is 13.6 Å². The predicted octanol–water partition coefficient (Wildman–Crippen LogP) is 15.9. The summed E-state index contributed by atoms with van der Waals surface area (Å²) < 4.78 is 93.6. The highest BCUT2D eigenvalue weighted by Gasteiger charge is 2.40. The standard InChI is InChI=1S/C71H58F2O10/c72-60-41-64(78-45-52-28-14-4-15-29-52)63(77-44-51-26-12-3-13-27-51)38-57(60)68-66(39-58-61(76-43-50-24-10-2-11-25-50)36-56(37-62(58)82-68)75-42-49-22-8-1-9-23-49)83-71(74)59-40-65(79-46-53-30-16-5-17-31-53)69(80-47-54-32-18-6-19-33-54)70(67(59)73)81-48-55-34-20-7-21-35-55/h1-38,40-41,66,68H,39,42-48H2/t66-,68+/m1/s1. The highest BCUT2D eigenvalue weighted by Crippen LogP contribution is 2.48. The summed E-state index contributed by atoms with van der Waals surface area (Å²) in [5, 5.41) is 0. The zero-order valence-corrected chi connectivity index (χ0v) is 45.2. The summed E-state index contributed by atoms with van der Waals surface area (Å²) in [4.78, 5) is 15.3. The Morgan fingerprint density at radius 2 is 0.771 bits per heavy atom. The summed E-state index contributed by atoms with van der Waals surface area (Å²) in [7, 11) is 0. The topological polar surface area (TPSA) is 100 Å². The largest absolute Gasteiger partial charge is 0.489 e. The molecule has 1 aliphatic rings. The first kappa shape index (κ1) is 54.9. The van der Waals surface area contributed by atoms with Crippen LogP contribution in [-0.4, -0.2) is 12.1 Å². The summed E-state index contributed by atoms with van der Waals surface area (Å²) in [6.07, 6.45) is -2.80. The molecule has 0 saturated heterocycles. The van der Waals surface area contributed by atoms with Gasteiger partial charge in [-0.3, -0.25) is 0 Å². The summed E-state index contributed by atoms with van der Waals surface area (Å²) in [5.41, 5.74) is 5.76. The van der Waals surface area contributed by atoms with Gasteiger partial charge in [0.25, 0.3) is 0 Å². The lowest BCUT2D eigenvalue weighted by molar-refractivity contribution is -0.0205. The molecule has 11 rings (SSSR count). The maximum Gasteiger partial charge on any atom is 0.341 e. The number of hydrogen-bond donors (Lipinski definition) is 0. The third-order valence-electron chi connectivity index (χ3n) is 13.8. The van der Waals surface area contributed by atoms with E-state index in [9.17, 15) is 0 Å². The van der Waals surface area contributed by atoms with E-state index in [0.29, 0.717) is 17.1 Å². The zero-order valence-electron chi connectivity index (χ0n) is 45.2. The molecule has 0 fully saturated rings. The van der Waals surface area contributed by atoms with Crippen molar-refractivity contribution in [3.05, 3.63) is 310 Å². The predicted molar refractivity (Wildman–Crippen MR) is 311 cm³/mol. The number of carbonyl (C=O) groups is 1. The van der Waals surface area contributed by atoms with Crippen LogP contribution >= 0.6 is 0 Å². The molecule has 12 heteroatoms. The van der Waals surface area contributed by atoms with Crippen molar-refractivity contribution in [3.63, 3.8) is 0 Å². The van der Waals surface area contributed by atoms with Crippen LogP contribution in [0.5, 0.6) is 46.0 Å². The fourth-order valence-corrected chi connectivity index (χ4v) is 9.45. The molecule has 83 heavy (non-hydrogen) atoms. The Kier molecular flexibility index (Phi) is 17.8. The Morgan fingerprint density at radius 3 is 1.22 bits per heavy atom. The summed E-state index contributed by atoms with van der Waals surface area (Å²) in [6.45, 7) is 0.552. The number of rotatable bonds is 24. The second kappa shape index (κ2) is 26.9. The van der Waals surface area contributed by atoms with Crippen LogP contribution in [0, 0.1) is 11.6 Å². The van der Waals surface area contributed by atoms with Gasteiger partial charge in [0.1, 0.15) is 81.0 Å². The van der Waals surface area contributed by atoms with Crippen LogP contribution in [0.15, 0.2) is 243 Å². The van der Waals surface area contributed by atoms with Gasteiger partial charge in [0.15, 0.2) is 29.2 Å². The Hall–Kier alpha value is -10.1. The zero-order chi connectivity index (χ0) is 56.6. The minimum Gasteiger partial charge on any atom is -0.489 e. The van der Waals surface area contributed by atoms with Gasteiger partial charge in [0, 0.05) is 41.8 Å². The van der Waals surface area contributed by atoms with Crippen molar-refractivity contribution in [1.29, 1.82) is 0 Å². The van der Waals surface area contributed by atoms with E-state index in [1.807, 2.05) is 212 Å². The molecule has 1 heterocycles. The molecule has 0 unspecified atom stereocenters. The normalized spacial score (nSPS) is 13.4. The van der Waals surface area contributed by atoms with Crippen molar-refractivity contribution in [1.82, 2.24) is 0 Å². The molecule has 10 nitrogen and oxygen atoms in total. The van der Waals surface area contributed by atoms with Crippen LogP contribution < -0.4 is 37.9 Å². The minimum atomic E-state index is -1.38. The molecule has 0 spiro atoms. The second-order valence-corrected chi connectivity index (χ2v) is 19.7. The van der Waals surface area contributed by atoms with Crippen LogP contribution in [0.2, 0.25) is 0 Å². The third kappa shape index (κ3) is 14.3. The van der Waals surface area contributed by atoms with Crippen molar-refractivity contribution >= 4 is 5.97 Å². The first-order chi connectivity index (χ1) is 40.9. The van der Waals surface area contributed by atoms with Crippen molar-refractivity contribution in [2.75, 3.05) is 0 Å². The maximum atomic E-state index is 17.8. The van der Waals surface area contributed by atoms with Crippen LogP contribution in [0.1, 0.15) is 66.5 Å². The molecular weight excluding hydrogens is 1050 g/mol. The quantitative estimate of drug-likeness (QED) is 0.0544. The average molecular weight is 1110 g/mol. The molecule has 10 aromatic rings. The molecule has 416 valence electrons. The third-order valence-corrected chi connectivity index (χ3v) is 13.8. The van der Waals surface area contributed by atoms with Gasteiger partial charge in [-0.1, -0.05) is 212 Å². The number of carbonyl (C=O) groups excluding carboxylic acids is 1. The number of benzene rings is 10. The van der Waals surface area contributed by atoms with Gasteiger partial charge in [-0.2, -0.15) is 0 Å². The van der Waals surface area contributed by atoms with Gasteiger partial charge >= 0.3 is 5.97 Å². The van der Waals surface area contributed by atoms with Crippen LogP contribution in [0.25, 0.3) is 0 Å². The van der Waals surface area contributed by atoms with E-state index in [2.05, 4.69) is 0 Å². The molecule has 2 atom stereocenters. The molecule has 1 aliphatic heterocycles. The van der Waals surface area contributed by atoms with Crippen LogP contribution in [0.3, 0.4) is 0 Å². The number of ether oxygens (including phenoxy) is 9. The fourth-order valence-electron chi connectivity index (χ4n) is 9.45. The SMILES string of the molecule is O=C(O[C@@H]1Cc2c(OCc3ccccc3)cc(OCc3ccccc3)cc2O[C@H]1c1cc(OCc2ccccc2)c(OCc2ccccc2)cc1F)c1cc(OCc2ccccc2)c(OCc2ccccc2)c(OCc2ccccc2)c1F. The van der Waals surface area contributed by atoms with E-state index < -0.39 is 35.4 Å². The Morgan fingerprint density at radius 1 is 0.398 bits per heavy atom. The summed E-state index contributed by atoms with van der Waals surface area (Å²) in [5.74, 6) is -1.96. The van der Waals surface area contributed by atoms with E-state index in [1.54, 1.807) is 12.1 Å². The highest BCUT2D eigenvalue weighted by molar-refractivity contribution is 5.92. The van der Waals surface area contributed by atoms with E-state index in [1.165, 1.54) is 18.2 Å². The lowest BCUT2D eigenvalue weighted by Gasteiger charge is -2.35. The van der Waals surface area contributed by atoms with Crippen molar-refractivity contribution in [2.45, 2.75) is 64.9 Å². The van der Waals surface area contributed by atoms with Gasteiger partial charge in [0.05, 0.1) is 0 Å². The van der Waals surface area contributed by atoms with Crippen molar-refractivity contribution in [2.24, 2.45) is 0 Å². The van der Waals surface area contributed by atoms with E-state index in [-0.39, 0.29) is 92.7 Å². The van der Waals surface area contributed by atoms with E-state index in [4.69, 9.17) is 42.6 Å². The highest BCUT2D eigenvalue weighted by atomic mass is 19.1. The van der Waals surface area contributed by atoms with Crippen molar-refractivity contribution < 1.29 is 56.2 Å². The number of hydrogen-bond acceptors (Lipinski definition) is 10. The smallest absolute Gasteiger partial charge is 0.341 e. The minimum absolute atomic E-state index is 0.0139. The number of esters is 1. The molecule has 0 N–H and O–H groups in total. The first-order valence-corrected chi connectivity index (χ1v) is 27.3. The molecule has 10 aromatic carbocycles. The van der Waals surface area contributed by atoms with E-state index in [0.717, 1.165) is 38.9 Å². The van der Waals surface area contributed by atoms with Crippen LogP contribution in [0.4, 0.5) is 8.78 Å². The second-order valence-electron chi connectivity index (χ2n) is 19.7. The maximum absolute atomic E-state index is 17.8. The van der Waals surface area contributed by atoms with Gasteiger partial charge in [-0.15, -0.1) is 0 Å². The molecule has 0 bridgehead atoms. The molecule has 0 radical (unpaired) electrons. The average Bonchev–Trinajstić information content (AvgIpc) is 3.54. The lowest BCUT2D eigenvalue weighted by atomic mass is 9.93.